The van der Waals surface area contributed by atoms with E-state index in [4.69, 9.17) is 16.3 Å². The molecule has 0 radical (unpaired) electrons. The number of rotatable bonds is 6. The molecule has 0 saturated heterocycles. The molecule has 0 fully saturated rings. The highest BCUT2D eigenvalue weighted by atomic mass is 35.5. The van der Waals surface area contributed by atoms with Crippen molar-refractivity contribution in [2.45, 2.75) is 26.2 Å². The Morgan fingerprint density at radius 1 is 1.36 bits per heavy atom. The van der Waals surface area contributed by atoms with Crippen molar-refractivity contribution < 1.29 is 9.53 Å². The summed E-state index contributed by atoms with van der Waals surface area (Å²) in [6, 6.07) is 7.87. The molecule has 0 spiro atoms. The maximum absolute atomic E-state index is 12.1. The number of benzene rings is 1. The van der Waals surface area contributed by atoms with Crippen molar-refractivity contribution in [2.75, 3.05) is 13.7 Å². The van der Waals surface area contributed by atoms with Crippen molar-refractivity contribution in [1.29, 1.82) is 0 Å². The van der Waals surface area contributed by atoms with Gasteiger partial charge >= 0.3 is 0 Å². The van der Waals surface area contributed by atoms with E-state index in [2.05, 4.69) is 24.3 Å². The highest BCUT2D eigenvalue weighted by Gasteiger charge is 2.21. The minimum Gasteiger partial charge on any atom is -0.497 e. The first kappa shape index (κ1) is 19.1. The van der Waals surface area contributed by atoms with E-state index in [-0.39, 0.29) is 11.3 Å². The minimum absolute atomic E-state index is 0.166. The molecular weight excluding hydrogens is 338 g/mol. The van der Waals surface area contributed by atoms with Gasteiger partial charge in [-0.1, -0.05) is 37.6 Å². The molecule has 5 nitrogen and oxygen atoms in total. The molecule has 0 unspecified atom stereocenters. The van der Waals surface area contributed by atoms with Crippen molar-refractivity contribution in [2.24, 2.45) is 7.05 Å². The summed E-state index contributed by atoms with van der Waals surface area (Å²) in [5, 5.41) is 7.67. The molecule has 0 atom stereocenters. The number of carbonyl (C=O) groups excluding carboxylic acids is 1. The highest BCUT2D eigenvalue weighted by Crippen LogP contribution is 2.24. The van der Waals surface area contributed by atoms with Gasteiger partial charge < -0.3 is 10.1 Å². The molecule has 6 heteroatoms. The number of ether oxygens (including phenoxy) is 1. The first-order valence-corrected chi connectivity index (χ1v) is 8.42. The van der Waals surface area contributed by atoms with Crippen molar-refractivity contribution in [3.05, 3.63) is 52.3 Å². The summed E-state index contributed by atoms with van der Waals surface area (Å²) in [7, 11) is 3.41. The molecule has 0 bridgehead atoms. The Labute approximate surface area is 153 Å². The van der Waals surface area contributed by atoms with Gasteiger partial charge in [-0.25, -0.2) is 0 Å². The van der Waals surface area contributed by atoms with Crippen LogP contribution >= 0.6 is 11.6 Å². The van der Waals surface area contributed by atoms with Gasteiger partial charge in [-0.2, -0.15) is 5.10 Å². The molecule has 25 heavy (non-hydrogen) atoms. The lowest BCUT2D eigenvalue weighted by Crippen LogP contribution is -2.35. The quantitative estimate of drug-likeness (QED) is 0.801. The van der Waals surface area contributed by atoms with E-state index < -0.39 is 0 Å². The first-order chi connectivity index (χ1) is 11.7. The maximum atomic E-state index is 12.1. The second kappa shape index (κ2) is 7.74. The van der Waals surface area contributed by atoms with Crippen LogP contribution in [0.4, 0.5) is 0 Å². The fourth-order valence-corrected chi connectivity index (χ4v) is 2.74. The van der Waals surface area contributed by atoms with Gasteiger partial charge in [0, 0.05) is 30.6 Å². The Kier molecular flexibility index (Phi) is 5.90. The number of hydrogen-bond acceptors (Lipinski definition) is 3. The number of nitrogens with zero attached hydrogens (tertiary/aromatic N) is 2. The summed E-state index contributed by atoms with van der Waals surface area (Å²) < 4.78 is 6.76. The van der Waals surface area contributed by atoms with Crippen LogP contribution in [0.1, 0.15) is 30.7 Å². The Balaban J connectivity index is 1.99. The topological polar surface area (TPSA) is 56.1 Å². The highest BCUT2D eigenvalue weighted by molar-refractivity contribution is 6.31. The Hall–Kier alpha value is -2.27. The van der Waals surface area contributed by atoms with E-state index in [1.165, 1.54) is 6.08 Å². The predicted molar refractivity (Wildman–Crippen MR) is 101 cm³/mol. The van der Waals surface area contributed by atoms with E-state index in [0.717, 1.165) is 22.6 Å². The molecule has 1 heterocycles. The monoisotopic (exact) mass is 361 g/mol. The van der Waals surface area contributed by atoms with Crippen LogP contribution in [0, 0.1) is 6.92 Å². The summed E-state index contributed by atoms with van der Waals surface area (Å²) in [5.41, 5.74) is 2.48. The molecule has 2 rings (SSSR count). The van der Waals surface area contributed by atoms with Gasteiger partial charge in [0.2, 0.25) is 5.91 Å². The lowest BCUT2D eigenvalue weighted by atomic mass is 9.84. The van der Waals surface area contributed by atoms with Crippen molar-refractivity contribution in [3.8, 4) is 5.75 Å². The van der Waals surface area contributed by atoms with Gasteiger partial charge in [-0.3, -0.25) is 9.48 Å². The third kappa shape index (κ3) is 4.63. The third-order valence-corrected chi connectivity index (χ3v) is 4.62. The van der Waals surface area contributed by atoms with Gasteiger partial charge in [0.05, 0.1) is 12.8 Å². The van der Waals surface area contributed by atoms with Gasteiger partial charge in [-0.05, 0) is 30.7 Å². The largest absolute Gasteiger partial charge is 0.497 e. The molecule has 0 aliphatic rings. The molecule has 1 amide bonds. The molecule has 1 aromatic heterocycles. The van der Waals surface area contributed by atoms with Crippen molar-refractivity contribution >= 4 is 23.6 Å². The fraction of sp³-hybridized carbons (Fsp3) is 0.368. The predicted octanol–water partition coefficient (Wildman–Crippen LogP) is 3.50. The van der Waals surface area contributed by atoms with Crippen LogP contribution in [0.3, 0.4) is 0 Å². The SMILES string of the molecule is COc1ccc(C(C)(C)CNC(=O)C=Cc2c(C)nn(C)c2Cl)cc1. The molecular formula is C19H24ClN3O2. The standard InChI is InChI=1S/C19H24ClN3O2/c1-13-16(18(20)23(4)22-13)10-11-17(24)21-12-19(2,3)14-6-8-15(25-5)9-7-14/h6-11H,12H2,1-5H3,(H,21,24). The van der Waals surface area contributed by atoms with Crippen molar-refractivity contribution in [1.82, 2.24) is 15.1 Å². The second-order valence-electron chi connectivity index (χ2n) is 6.58. The number of aryl methyl sites for hydroxylation is 2. The van der Waals surface area contributed by atoms with Crippen LogP contribution in [-0.4, -0.2) is 29.3 Å². The van der Waals surface area contributed by atoms with Crippen LogP contribution in [0.5, 0.6) is 5.75 Å². The zero-order valence-electron chi connectivity index (χ0n) is 15.3. The number of methoxy groups -OCH3 is 1. The number of carbonyl (C=O) groups is 1. The van der Waals surface area contributed by atoms with Gasteiger partial charge in [0.15, 0.2) is 0 Å². The van der Waals surface area contributed by atoms with Gasteiger partial charge in [0.1, 0.15) is 10.9 Å². The zero-order chi connectivity index (χ0) is 18.6. The number of nitrogens with one attached hydrogen (secondary N) is 1. The molecule has 0 saturated carbocycles. The van der Waals surface area contributed by atoms with E-state index in [1.807, 2.05) is 31.2 Å². The lowest BCUT2D eigenvalue weighted by Gasteiger charge is -2.25. The van der Waals surface area contributed by atoms with Crippen LogP contribution in [0.15, 0.2) is 30.3 Å². The third-order valence-electron chi connectivity index (χ3n) is 4.17. The summed E-state index contributed by atoms with van der Waals surface area (Å²) in [6.45, 7) is 6.54. The van der Waals surface area contributed by atoms with Crippen LogP contribution < -0.4 is 10.1 Å². The normalized spacial score (nSPS) is 11.8. The summed E-state index contributed by atoms with van der Waals surface area (Å²) >= 11 is 6.16. The molecule has 1 aromatic carbocycles. The summed E-state index contributed by atoms with van der Waals surface area (Å²) in [4.78, 5) is 12.1. The number of halogens is 1. The van der Waals surface area contributed by atoms with E-state index >= 15 is 0 Å². The molecule has 0 aliphatic carbocycles. The Morgan fingerprint density at radius 2 is 2.00 bits per heavy atom. The van der Waals surface area contributed by atoms with Crippen LogP contribution in [0.2, 0.25) is 5.15 Å². The molecule has 0 aliphatic heterocycles. The van der Waals surface area contributed by atoms with E-state index in [9.17, 15) is 4.79 Å². The molecule has 2 aromatic rings. The fourth-order valence-electron chi connectivity index (χ4n) is 2.51. The van der Waals surface area contributed by atoms with Gasteiger partial charge in [0.25, 0.3) is 0 Å². The molecule has 1 N–H and O–H groups in total. The number of aromatic nitrogens is 2. The summed E-state index contributed by atoms with van der Waals surface area (Å²) in [6.07, 6.45) is 3.18. The maximum Gasteiger partial charge on any atom is 0.244 e. The average molecular weight is 362 g/mol. The second-order valence-corrected chi connectivity index (χ2v) is 6.94. The lowest BCUT2D eigenvalue weighted by molar-refractivity contribution is -0.116. The van der Waals surface area contributed by atoms with E-state index in [0.29, 0.717) is 11.7 Å². The van der Waals surface area contributed by atoms with Crippen molar-refractivity contribution in [3.63, 3.8) is 0 Å². The number of amides is 1. The van der Waals surface area contributed by atoms with E-state index in [1.54, 1.807) is 24.9 Å². The summed E-state index contributed by atoms with van der Waals surface area (Å²) in [5.74, 6) is 0.649. The van der Waals surface area contributed by atoms with Crippen LogP contribution in [-0.2, 0) is 17.3 Å². The minimum atomic E-state index is -0.197. The first-order valence-electron chi connectivity index (χ1n) is 8.04. The zero-order valence-corrected chi connectivity index (χ0v) is 16.0. The smallest absolute Gasteiger partial charge is 0.244 e. The average Bonchev–Trinajstić information content (AvgIpc) is 2.83. The van der Waals surface area contributed by atoms with Gasteiger partial charge in [-0.15, -0.1) is 0 Å². The Bertz CT molecular complexity index is 777. The number of hydrogen-bond donors (Lipinski definition) is 1. The molecule has 134 valence electrons. The van der Waals surface area contributed by atoms with Crippen LogP contribution in [0.25, 0.3) is 6.08 Å². The Morgan fingerprint density at radius 3 is 2.52 bits per heavy atom.